The average Bonchev–Trinajstić information content (AvgIpc) is 2.92. The first-order valence-electron chi connectivity index (χ1n) is 6.89. The summed E-state index contributed by atoms with van der Waals surface area (Å²) >= 11 is 0. The molecule has 1 atom stereocenters. The maximum atomic E-state index is 11.6. The number of nitrogens with two attached hydrogens (primary N) is 1. The van der Waals surface area contributed by atoms with Crippen LogP contribution in [0, 0.1) is 11.3 Å². The van der Waals surface area contributed by atoms with Gasteiger partial charge in [0.1, 0.15) is 0 Å². The van der Waals surface area contributed by atoms with Crippen LogP contribution in [0.3, 0.4) is 0 Å². The molecule has 17 heavy (non-hydrogen) atoms. The van der Waals surface area contributed by atoms with Crippen molar-refractivity contribution < 1.29 is 4.79 Å². The monoisotopic (exact) mass is 240 g/mol. The van der Waals surface area contributed by atoms with Crippen LogP contribution in [0.25, 0.3) is 0 Å². The third-order valence-corrected chi connectivity index (χ3v) is 3.13. The van der Waals surface area contributed by atoms with Crippen LogP contribution >= 0.6 is 0 Å². The fraction of sp³-hybridized carbons (Fsp3) is 0.929. The van der Waals surface area contributed by atoms with Gasteiger partial charge >= 0.3 is 0 Å². The van der Waals surface area contributed by atoms with Crippen molar-refractivity contribution in [2.75, 3.05) is 6.54 Å². The Morgan fingerprint density at radius 1 is 1.41 bits per heavy atom. The molecule has 3 N–H and O–H groups in total. The molecule has 1 rings (SSSR count). The topological polar surface area (TPSA) is 55.1 Å². The number of hydrogen-bond acceptors (Lipinski definition) is 2. The summed E-state index contributed by atoms with van der Waals surface area (Å²) in [6.45, 7) is 7.28. The summed E-state index contributed by atoms with van der Waals surface area (Å²) < 4.78 is 0. The molecule has 0 heterocycles. The molecule has 1 aliphatic rings. The summed E-state index contributed by atoms with van der Waals surface area (Å²) in [5.74, 6) is 1.06. The molecule has 0 aliphatic heterocycles. The van der Waals surface area contributed by atoms with Crippen LogP contribution in [0.4, 0.5) is 0 Å². The number of nitrogens with one attached hydrogen (secondary N) is 1. The third kappa shape index (κ3) is 8.19. The molecule has 0 spiro atoms. The van der Waals surface area contributed by atoms with E-state index >= 15 is 0 Å². The molecule has 0 saturated heterocycles. The second kappa shape index (κ2) is 6.39. The Hall–Kier alpha value is -0.570. The van der Waals surface area contributed by atoms with Crippen LogP contribution in [0.5, 0.6) is 0 Å². The predicted molar refractivity (Wildman–Crippen MR) is 71.6 cm³/mol. The molecule has 0 radical (unpaired) electrons. The largest absolute Gasteiger partial charge is 0.356 e. The van der Waals surface area contributed by atoms with Crippen molar-refractivity contribution in [3.63, 3.8) is 0 Å². The predicted octanol–water partition coefficient (Wildman–Crippen LogP) is 2.45. The first kappa shape index (κ1) is 14.5. The highest BCUT2D eigenvalue weighted by Gasteiger charge is 2.20. The Morgan fingerprint density at radius 3 is 2.59 bits per heavy atom. The van der Waals surface area contributed by atoms with E-state index < -0.39 is 0 Å². The quantitative estimate of drug-likeness (QED) is 0.672. The number of rotatable bonds is 7. The van der Waals surface area contributed by atoms with Crippen LogP contribution in [-0.4, -0.2) is 18.5 Å². The first-order valence-corrected chi connectivity index (χ1v) is 6.89. The molecule has 1 fully saturated rings. The number of hydrogen-bond donors (Lipinski definition) is 2. The molecular weight excluding hydrogens is 212 g/mol. The van der Waals surface area contributed by atoms with Gasteiger partial charge < -0.3 is 11.1 Å². The van der Waals surface area contributed by atoms with Gasteiger partial charge in [-0.05, 0) is 30.6 Å². The maximum Gasteiger partial charge on any atom is 0.221 e. The van der Waals surface area contributed by atoms with E-state index in [-0.39, 0.29) is 17.4 Å². The molecule has 3 heteroatoms. The van der Waals surface area contributed by atoms with E-state index in [1.807, 2.05) is 0 Å². The average molecular weight is 240 g/mol. The van der Waals surface area contributed by atoms with Crippen molar-refractivity contribution in [3.8, 4) is 0 Å². The van der Waals surface area contributed by atoms with Gasteiger partial charge in [0.15, 0.2) is 0 Å². The lowest BCUT2D eigenvalue weighted by Gasteiger charge is -2.22. The van der Waals surface area contributed by atoms with Crippen LogP contribution < -0.4 is 11.1 Å². The summed E-state index contributed by atoms with van der Waals surface area (Å²) in [5, 5.41) is 2.96. The molecule has 3 nitrogen and oxygen atoms in total. The normalized spacial score (nSPS) is 17.9. The molecule has 1 unspecified atom stereocenters. The lowest BCUT2D eigenvalue weighted by Crippen LogP contribution is -2.34. The Morgan fingerprint density at radius 2 is 2.06 bits per heavy atom. The summed E-state index contributed by atoms with van der Waals surface area (Å²) in [6, 6.07) is -0.0153. The molecule has 1 amide bonds. The van der Waals surface area contributed by atoms with Gasteiger partial charge in [-0.2, -0.15) is 0 Å². The number of amides is 1. The minimum absolute atomic E-state index is 0.0153. The van der Waals surface area contributed by atoms with E-state index in [4.69, 9.17) is 5.73 Å². The third-order valence-electron chi connectivity index (χ3n) is 3.13. The maximum absolute atomic E-state index is 11.6. The van der Waals surface area contributed by atoms with E-state index in [9.17, 15) is 4.79 Å². The van der Waals surface area contributed by atoms with Crippen LogP contribution in [0.2, 0.25) is 0 Å². The van der Waals surface area contributed by atoms with Crippen LogP contribution in [0.15, 0.2) is 0 Å². The zero-order valence-corrected chi connectivity index (χ0v) is 11.6. The number of carbonyl (C=O) groups excluding carboxylic acids is 1. The fourth-order valence-electron chi connectivity index (χ4n) is 2.19. The Balaban J connectivity index is 2.02. The van der Waals surface area contributed by atoms with Gasteiger partial charge in [-0.1, -0.05) is 33.6 Å². The summed E-state index contributed by atoms with van der Waals surface area (Å²) in [5.41, 5.74) is 6.16. The second-order valence-electron chi connectivity index (χ2n) is 6.66. The van der Waals surface area contributed by atoms with E-state index in [0.29, 0.717) is 6.42 Å². The van der Waals surface area contributed by atoms with Gasteiger partial charge in [-0.15, -0.1) is 0 Å². The highest BCUT2D eigenvalue weighted by Crippen LogP contribution is 2.33. The zero-order valence-electron chi connectivity index (χ0n) is 11.6. The highest BCUT2D eigenvalue weighted by atomic mass is 16.1. The molecule has 0 aromatic heterocycles. The lowest BCUT2D eigenvalue weighted by molar-refractivity contribution is -0.121. The Kier molecular flexibility index (Phi) is 5.44. The lowest BCUT2D eigenvalue weighted by atomic mass is 9.87. The molecular formula is C14H28N2O. The summed E-state index contributed by atoms with van der Waals surface area (Å²) in [6.07, 6.45) is 6.53. The van der Waals surface area contributed by atoms with Gasteiger partial charge in [0.05, 0.1) is 0 Å². The van der Waals surface area contributed by atoms with E-state index in [1.54, 1.807) is 0 Å². The van der Waals surface area contributed by atoms with Crippen molar-refractivity contribution in [3.05, 3.63) is 0 Å². The zero-order chi connectivity index (χ0) is 12.9. The van der Waals surface area contributed by atoms with E-state index in [1.165, 1.54) is 19.3 Å². The number of carbonyl (C=O) groups is 1. The molecule has 1 saturated carbocycles. The second-order valence-corrected chi connectivity index (χ2v) is 6.66. The van der Waals surface area contributed by atoms with E-state index in [0.717, 1.165) is 25.3 Å². The highest BCUT2D eigenvalue weighted by molar-refractivity contribution is 5.76. The SMILES string of the molecule is CC(C)(C)CC(N)CC(=O)NCCCC1CC1. The van der Waals surface area contributed by atoms with E-state index in [2.05, 4.69) is 26.1 Å². The summed E-state index contributed by atoms with van der Waals surface area (Å²) in [7, 11) is 0. The standard InChI is InChI=1S/C14H28N2O/c1-14(2,3)10-12(15)9-13(17)16-8-4-5-11-6-7-11/h11-12H,4-10,15H2,1-3H3,(H,16,17). The molecule has 100 valence electrons. The minimum Gasteiger partial charge on any atom is -0.356 e. The van der Waals surface area contributed by atoms with Gasteiger partial charge in [0.2, 0.25) is 5.91 Å². The molecule has 0 aromatic carbocycles. The fourth-order valence-corrected chi connectivity index (χ4v) is 2.19. The molecule has 1 aliphatic carbocycles. The van der Waals surface area contributed by atoms with Crippen molar-refractivity contribution in [1.29, 1.82) is 0 Å². The van der Waals surface area contributed by atoms with Crippen molar-refractivity contribution in [2.45, 2.75) is 65.3 Å². The minimum atomic E-state index is -0.0153. The van der Waals surface area contributed by atoms with Crippen molar-refractivity contribution in [2.24, 2.45) is 17.1 Å². The summed E-state index contributed by atoms with van der Waals surface area (Å²) in [4.78, 5) is 11.6. The van der Waals surface area contributed by atoms with Crippen LogP contribution in [-0.2, 0) is 4.79 Å². The van der Waals surface area contributed by atoms with Gasteiger partial charge in [-0.3, -0.25) is 4.79 Å². The smallest absolute Gasteiger partial charge is 0.221 e. The van der Waals surface area contributed by atoms with Crippen LogP contribution in [0.1, 0.15) is 59.3 Å². The van der Waals surface area contributed by atoms with Gasteiger partial charge in [0.25, 0.3) is 0 Å². The van der Waals surface area contributed by atoms with Crippen molar-refractivity contribution in [1.82, 2.24) is 5.32 Å². The van der Waals surface area contributed by atoms with Gasteiger partial charge in [0, 0.05) is 19.0 Å². The molecule has 0 bridgehead atoms. The van der Waals surface area contributed by atoms with Gasteiger partial charge in [-0.25, -0.2) is 0 Å². The molecule has 0 aromatic rings. The Bertz CT molecular complexity index is 241. The van der Waals surface area contributed by atoms with Crippen molar-refractivity contribution >= 4 is 5.91 Å². The Labute approximate surface area is 106 Å². The first-order chi connectivity index (χ1) is 7.87.